The maximum atomic E-state index is 5.66. The number of fused-ring (bicyclic) bond motifs is 1. The molecule has 3 nitrogen and oxygen atoms in total. The van der Waals surface area contributed by atoms with Crippen molar-refractivity contribution in [2.75, 3.05) is 19.8 Å². The lowest BCUT2D eigenvalue weighted by Gasteiger charge is -2.20. The van der Waals surface area contributed by atoms with E-state index in [1.54, 1.807) is 0 Å². The number of ether oxygens (including phenoxy) is 2. The summed E-state index contributed by atoms with van der Waals surface area (Å²) < 4.78 is 12.3. The summed E-state index contributed by atoms with van der Waals surface area (Å²) in [6.45, 7) is 5.63. The monoisotopic (exact) mass is 339 g/mol. The fourth-order valence-corrected chi connectivity index (χ4v) is 3.80. The molecule has 1 aliphatic heterocycles. The van der Waals surface area contributed by atoms with E-state index in [2.05, 4.69) is 40.3 Å². The van der Waals surface area contributed by atoms with Gasteiger partial charge in [0.25, 0.3) is 0 Å². The lowest BCUT2D eigenvalue weighted by Crippen LogP contribution is -2.21. The Kier molecular flexibility index (Phi) is 4.51. The molecule has 0 saturated heterocycles. The van der Waals surface area contributed by atoms with Crippen LogP contribution in [0.2, 0.25) is 0 Å². The van der Waals surface area contributed by atoms with Crippen LogP contribution in [0.3, 0.4) is 0 Å². The van der Waals surface area contributed by atoms with Gasteiger partial charge in [-0.3, -0.25) is 0 Å². The van der Waals surface area contributed by atoms with Gasteiger partial charge < -0.3 is 14.8 Å². The van der Waals surface area contributed by atoms with Gasteiger partial charge in [0.1, 0.15) is 13.2 Å². The topological polar surface area (TPSA) is 30.5 Å². The van der Waals surface area contributed by atoms with Crippen molar-refractivity contribution in [3.05, 3.63) is 22.2 Å². The highest BCUT2D eigenvalue weighted by Gasteiger charge is 2.21. The van der Waals surface area contributed by atoms with Crippen LogP contribution in [0.25, 0.3) is 0 Å². The maximum absolute atomic E-state index is 5.66. The van der Waals surface area contributed by atoms with E-state index in [1.165, 1.54) is 24.8 Å². The number of halogens is 1. The third-order valence-corrected chi connectivity index (χ3v) is 4.81. The molecule has 4 heteroatoms. The van der Waals surface area contributed by atoms with E-state index >= 15 is 0 Å². The molecule has 0 spiro atoms. The van der Waals surface area contributed by atoms with Crippen LogP contribution in [-0.4, -0.2) is 19.8 Å². The average Bonchev–Trinajstić information content (AvgIpc) is 2.85. The second kappa shape index (κ2) is 6.35. The zero-order valence-electron chi connectivity index (χ0n) is 12.0. The third kappa shape index (κ3) is 3.29. The van der Waals surface area contributed by atoms with Crippen LogP contribution in [-0.2, 0) is 6.54 Å². The molecule has 0 aromatic heterocycles. The zero-order valence-corrected chi connectivity index (χ0v) is 13.5. The molecule has 3 rings (SSSR count). The highest BCUT2D eigenvalue weighted by atomic mass is 79.9. The first-order valence-corrected chi connectivity index (χ1v) is 8.30. The summed E-state index contributed by atoms with van der Waals surface area (Å²) in [4.78, 5) is 0. The number of hydrogen-bond acceptors (Lipinski definition) is 3. The van der Waals surface area contributed by atoms with Gasteiger partial charge in [0.15, 0.2) is 11.5 Å². The molecule has 1 aromatic rings. The van der Waals surface area contributed by atoms with Gasteiger partial charge in [0.2, 0.25) is 0 Å². The largest absolute Gasteiger partial charge is 0.486 e. The van der Waals surface area contributed by atoms with Crippen LogP contribution in [0.1, 0.15) is 31.7 Å². The molecule has 2 atom stereocenters. The Bertz CT molecular complexity index is 478. The van der Waals surface area contributed by atoms with E-state index in [9.17, 15) is 0 Å². The van der Waals surface area contributed by atoms with Crippen LogP contribution < -0.4 is 14.8 Å². The summed E-state index contributed by atoms with van der Waals surface area (Å²) in [6.07, 6.45) is 4.14. The van der Waals surface area contributed by atoms with Crippen LogP contribution in [0.5, 0.6) is 11.5 Å². The number of nitrogens with one attached hydrogen (secondary N) is 1. The van der Waals surface area contributed by atoms with Crippen molar-refractivity contribution < 1.29 is 9.47 Å². The molecule has 1 heterocycles. The van der Waals surface area contributed by atoms with E-state index in [1.807, 2.05) is 0 Å². The smallest absolute Gasteiger partial charge is 0.175 e. The molecule has 1 fully saturated rings. The molecule has 2 unspecified atom stereocenters. The fourth-order valence-electron chi connectivity index (χ4n) is 3.20. The van der Waals surface area contributed by atoms with Gasteiger partial charge in [-0.2, -0.15) is 0 Å². The second-order valence-electron chi connectivity index (χ2n) is 6.02. The number of rotatable bonds is 4. The van der Waals surface area contributed by atoms with E-state index in [0.29, 0.717) is 13.2 Å². The summed E-state index contributed by atoms with van der Waals surface area (Å²) in [5, 5.41) is 3.58. The van der Waals surface area contributed by atoms with Crippen LogP contribution in [0.15, 0.2) is 16.6 Å². The fraction of sp³-hybridized carbons (Fsp3) is 0.625. The Hall–Kier alpha value is -0.740. The van der Waals surface area contributed by atoms with Crippen molar-refractivity contribution >= 4 is 15.9 Å². The molecule has 1 aromatic carbocycles. The molecular weight excluding hydrogens is 318 g/mol. The highest BCUT2D eigenvalue weighted by molar-refractivity contribution is 9.10. The van der Waals surface area contributed by atoms with Gasteiger partial charge in [0, 0.05) is 6.54 Å². The Morgan fingerprint density at radius 3 is 2.90 bits per heavy atom. The van der Waals surface area contributed by atoms with Gasteiger partial charge in [-0.05, 0) is 64.8 Å². The Balaban J connectivity index is 1.56. The molecule has 0 radical (unpaired) electrons. The first-order chi connectivity index (χ1) is 9.72. The second-order valence-corrected chi connectivity index (χ2v) is 6.87. The first kappa shape index (κ1) is 14.2. The van der Waals surface area contributed by atoms with Crippen molar-refractivity contribution in [2.45, 2.75) is 32.7 Å². The van der Waals surface area contributed by atoms with E-state index in [-0.39, 0.29) is 0 Å². The van der Waals surface area contributed by atoms with Gasteiger partial charge in [-0.25, -0.2) is 0 Å². The van der Waals surface area contributed by atoms with E-state index < -0.39 is 0 Å². The van der Waals surface area contributed by atoms with Crippen molar-refractivity contribution in [3.8, 4) is 11.5 Å². The van der Waals surface area contributed by atoms with Gasteiger partial charge in [-0.15, -0.1) is 0 Å². The lowest BCUT2D eigenvalue weighted by atomic mass is 10.1. The molecule has 1 saturated carbocycles. The predicted octanol–water partition coefficient (Wildman–Crippen LogP) is 3.75. The van der Waals surface area contributed by atoms with E-state index in [0.717, 1.165) is 40.9 Å². The first-order valence-electron chi connectivity index (χ1n) is 7.51. The molecule has 20 heavy (non-hydrogen) atoms. The minimum absolute atomic E-state index is 0.628. The van der Waals surface area contributed by atoms with Crippen molar-refractivity contribution in [3.63, 3.8) is 0 Å². The van der Waals surface area contributed by atoms with E-state index in [4.69, 9.17) is 9.47 Å². The summed E-state index contributed by atoms with van der Waals surface area (Å²) in [5.74, 6) is 3.46. The summed E-state index contributed by atoms with van der Waals surface area (Å²) in [6, 6.07) is 4.21. The number of benzene rings is 1. The molecule has 0 bridgehead atoms. The zero-order chi connectivity index (χ0) is 13.9. The SMILES string of the molecule is CC1CCC(CNCc2cc(Br)c3c(c2)OCCO3)C1. The van der Waals surface area contributed by atoms with Gasteiger partial charge >= 0.3 is 0 Å². The highest BCUT2D eigenvalue weighted by Crippen LogP contribution is 2.38. The number of hydrogen-bond donors (Lipinski definition) is 1. The van der Waals surface area contributed by atoms with Gasteiger partial charge in [0.05, 0.1) is 4.47 Å². The third-order valence-electron chi connectivity index (χ3n) is 4.22. The summed E-state index contributed by atoms with van der Waals surface area (Å²) >= 11 is 3.57. The van der Waals surface area contributed by atoms with Crippen LogP contribution >= 0.6 is 15.9 Å². The Labute approximate surface area is 129 Å². The quantitative estimate of drug-likeness (QED) is 0.906. The molecule has 1 aliphatic carbocycles. The van der Waals surface area contributed by atoms with Gasteiger partial charge in [-0.1, -0.05) is 13.3 Å². The normalized spacial score (nSPS) is 24.9. The van der Waals surface area contributed by atoms with Crippen LogP contribution in [0.4, 0.5) is 0 Å². The molecule has 0 amide bonds. The van der Waals surface area contributed by atoms with Crippen molar-refractivity contribution in [1.82, 2.24) is 5.32 Å². The average molecular weight is 340 g/mol. The van der Waals surface area contributed by atoms with Crippen molar-refractivity contribution in [2.24, 2.45) is 11.8 Å². The molecular formula is C16H22BrNO2. The Morgan fingerprint density at radius 2 is 2.10 bits per heavy atom. The maximum Gasteiger partial charge on any atom is 0.175 e. The summed E-state index contributed by atoms with van der Waals surface area (Å²) in [7, 11) is 0. The van der Waals surface area contributed by atoms with Crippen LogP contribution in [0, 0.1) is 11.8 Å². The lowest BCUT2D eigenvalue weighted by molar-refractivity contribution is 0.170. The minimum Gasteiger partial charge on any atom is -0.486 e. The summed E-state index contributed by atoms with van der Waals surface area (Å²) in [5.41, 5.74) is 1.24. The minimum atomic E-state index is 0.628. The molecule has 110 valence electrons. The molecule has 1 N–H and O–H groups in total. The standard InChI is InChI=1S/C16H22BrNO2/c1-11-2-3-12(6-11)9-18-10-13-7-14(17)16-15(8-13)19-4-5-20-16/h7-8,11-12,18H,2-6,9-10H2,1H3. The Morgan fingerprint density at radius 1 is 1.25 bits per heavy atom. The predicted molar refractivity (Wildman–Crippen MR) is 83.3 cm³/mol. The molecule has 2 aliphatic rings. The van der Waals surface area contributed by atoms with Crippen molar-refractivity contribution in [1.29, 1.82) is 0 Å².